The second kappa shape index (κ2) is 18.0. The van der Waals surface area contributed by atoms with Gasteiger partial charge in [0.2, 0.25) is 0 Å². The first-order valence-corrected chi connectivity index (χ1v) is 8.39. The number of aliphatic carboxylic acids is 1. The third-order valence-electron chi connectivity index (χ3n) is 2.89. The molecule has 2 nitrogen and oxygen atoms in total. The van der Waals surface area contributed by atoms with Gasteiger partial charge in [-0.3, -0.25) is 4.79 Å². The van der Waals surface area contributed by atoms with E-state index >= 15 is 0 Å². The Bertz CT molecular complexity index is 448. The Kier molecular flexibility index (Phi) is 16.3. The van der Waals surface area contributed by atoms with Crippen molar-refractivity contribution in [3.05, 3.63) is 72.9 Å². The van der Waals surface area contributed by atoms with E-state index in [2.05, 4.69) is 67.7 Å². The SMILES string of the molecule is CC/C=C\C/C=C\C/C=C\C/C=C\C/C=C\C/C=C\CC(=O)O. The molecule has 0 aromatic carbocycles. The van der Waals surface area contributed by atoms with Crippen molar-refractivity contribution in [3.63, 3.8) is 0 Å². The highest BCUT2D eigenvalue weighted by atomic mass is 16.4. The lowest BCUT2D eigenvalue weighted by molar-refractivity contribution is -0.136. The summed E-state index contributed by atoms with van der Waals surface area (Å²) in [5, 5.41) is 8.46. The standard InChI is InChI=1S/C21H30O2/c1-2-3-4-5-6-7-8-9-10-11-12-13-14-15-16-17-18-19-20-21(22)23/h3-4,6-7,9-10,12-13,15-16,18-19H,2,5,8,11,14,17,20H2,1H3,(H,22,23)/b4-3-,7-6-,10-9-,13-12-,16-15-,19-18-. The van der Waals surface area contributed by atoms with Crippen LogP contribution in [0.5, 0.6) is 0 Å². The number of hydrogen-bond donors (Lipinski definition) is 1. The smallest absolute Gasteiger partial charge is 0.307 e. The molecule has 0 aliphatic heterocycles. The molecule has 0 amide bonds. The van der Waals surface area contributed by atoms with E-state index in [9.17, 15) is 4.79 Å². The summed E-state index contributed by atoms with van der Waals surface area (Å²) in [6.45, 7) is 2.14. The third kappa shape index (κ3) is 19.9. The molecule has 0 bridgehead atoms. The number of carbonyl (C=O) groups is 1. The highest BCUT2D eigenvalue weighted by Crippen LogP contribution is 1.96. The van der Waals surface area contributed by atoms with Gasteiger partial charge in [0.15, 0.2) is 0 Å². The first-order valence-electron chi connectivity index (χ1n) is 8.39. The van der Waals surface area contributed by atoms with Crippen LogP contribution in [0.2, 0.25) is 0 Å². The Morgan fingerprint density at radius 2 is 0.913 bits per heavy atom. The van der Waals surface area contributed by atoms with Crippen LogP contribution in [0.15, 0.2) is 72.9 Å². The number of allylic oxidation sites excluding steroid dienone is 11. The second-order valence-electron chi connectivity index (χ2n) is 5.01. The molecule has 23 heavy (non-hydrogen) atoms. The predicted octanol–water partition coefficient (Wildman–Crippen LogP) is 6.16. The van der Waals surface area contributed by atoms with Crippen molar-refractivity contribution in [2.75, 3.05) is 0 Å². The molecule has 0 spiro atoms. The predicted molar refractivity (Wildman–Crippen MR) is 100 cm³/mol. The highest BCUT2D eigenvalue weighted by Gasteiger charge is 1.87. The Morgan fingerprint density at radius 1 is 0.609 bits per heavy atom. The van der Waals surface area contributed by atoms with Crippen molar-refractivity contribution in [3.8, 4) is 0 Å². The Morgan fingerprint density at radius 3 is 1.22 bits per heavy atom. The van der Waals surface area contributed by atoms with Gasteiger partial charge in [-0.05, 0) is 38.5 Å². The van der Waals surface area contributed by atoms with Crippen LogP contribution < -0.4 is 0 Å². The average Bonchev–Trinajstić information content (AvgIpc) is 2.53. The van der Waals surface area contributed by atoms with E-state index in [0.29, 0.717) is 0 Å². The van der Waals surface area contributed by atoms with Crippen LogP contribution in [0.4, 0.5) is 0 Å². The first-order chi connectivity index (χ1) is 11.3. The minimum atomic E-state index is -0.787. The van der Waals surface area contributed by atoms with E-state index in [0.717, 1.165) is 38.5 Å². The van der Waals surface area contributed by atoms with Crippen LogP contribution in [-0.2, 0) is 4.79 Å². The molecule has 0 heterocycles. The molecule has 0 radical (unpaired) electrons. The lowest BCUT2D eigenvalue weighted by Crippen LogP contribution is -1.89. The molecule has 126 valence electrons. The van der Waals surface area contributed by atoms with Crippen LogP contribution >= 0.6 is 0 Å². The molecule has 0 aliphatic rings. The van der Waals surface area contributed by atoms with Crippen LogP contribution in [0.3, 0.4) is 0 Å². The van der Waals surface area contributed by atoms with E-state index in [1.807, 2.05) is 6.08 Å². The fraction of sp³-hybridized carbons (Fsp3) is 0.381. The van der Waals surface area contributed by atoms with Crippen molar-refractivity contribution >= 4 is 5.97 Å². The first kappa shape index (κ1) is 20.9. The molecule has 0 aromatic heterocycles. The topological polar surface area (TPSA) is 37.3 Å². The van der Waals surface area contributed by atoms with Crippen molar-refractivity contribution in [2.45, 2.75) is 51.9 Å². The molecule has 0 atom stereocenters. The summed E-state index contributed by atoms with van der Waals surface area (Å²) in [5.74, 6) is -0.787. The van der Waals surface area contributed by atoms with Crippen LogP contribution in [-0.4, -0.2) is 11.1 Å². The normalized spacial score (nSPS) is 13.1. The molecule has 0 saturated heterocycles. The minimum absolute atomic E-state index is 0.102. The van der Waals surface area contributed by atoms with Gasteiger partial charge < -0.3 is 5.11 Å². The van der Waals surface area contributed by atoms with Gasteiger partial charge in [-0.15, -0.1) is 0 Å². The quantitative estimate of drug-likeness (QED) is 0.413. The summed E-state index contributed by atoms with van der Waals surface area (Å²) in [7, 11) is 0. The Balaban J connectivity index is 3.52. The van der Waals surface area contributed by atoms with Gasteiger partial charge in [0.25, 0.3) is 0 Å². The van der Waals surface area contributed by atoms with Crippen LogP contribution in [0, 0.1) is 0 Å². The zero-order chi connectivity index (χ0) is 17.0. The molecule has 0 fully saturated rings. The third-order valence-corrected chi connectivity index (χ3v) is 2.89. The molecule has 0 rings (SSSR count). The Hall–Kier alpha value is -2.09. The molecule has 0 aromatic rings. The van der Waals surface area contributed by atoms with Crippen LogP contribution in [0.1, 0.15) is 51.9 Å². The summed E-state index contributed by atoms with van der Waals surface area (Å²) in [5.41, 5.74) is 0. The van der Waals surface area contributed by atoms with Crippen molar-refractivity contribution < 1.29 is 9.90 Å². The van der Waals surface area contributed by atoms with Gasteiger partial charge in [0, 0.05) is 0 Å². The lowest BCUT2D eigenvalue weighted by Gasteiger charge is -1.86. The summed E-state index contributed by atoms with van der Waals surface area (Å²) in [6.07, 6.45) is 31.1. The van der Waals surface area contributed by atoms with Crippen molar-refractivity contribution in [2.24, 2.45) is 0 Å². The van der Waals surface area contributed by atoms with Gasteiger partial charge in [-0.2, -0.15) is 0 Å². The number of hydrogen-bond acceptors (Lipinski definition) is 1. The van der Waals surface area contributed by atoms with Gasteiger partial charge in [-0.1, -0.05) is 79.8 Å². The fourth-order valence-corrected chi connectivity index (χ4v) is 1.71. The van der Waals surface area contributed by atoms with Crippen molar-refractivity contribution in [1.82, 2.24) is 0 Å². The average molecular weight is 314 g/mol. The number of carboxylic acids is 1. The van der Waals surface area contributed by atoms with E-state index < -0.39 is 5.97 Å². The van der Waals surface area contributed by atoms with E-state index in [4.69, 9.17) is 5.11 Å². The molecular weight excluding hydrogens is 284 g/mol. The molecule has 2 heteroatoms. The zero-order valence-corrected chi connectivity index (χ0v) is 14.2. The maximum atomic E-state index is 10.3. The summed E-state index contributed by atoms with van der Waals surface area (Å²) in [4.78, 5) is 10.3. The summed E-state index contributed by atoms with van der Waals surface area (Å²) >= 11 is 0. The molecule has 0 aliphatic carbocycles. The van der Waals surface area contributed by atoms with Gasteiger partial charge >= 0.3 is 5.97 Å². The van der Waals surface area contributed by atoms with Gasteiger partial charge in [0.1, 0.15) is 0 Å². The van der Waals surface area contributed by atoms with E-state index in [1.54, 1.807) is 6.08 Å². The van der Waals surface area contributed by atoms with Gasteiger partial charge in [0.05, 0.1) is 6.42 Å². The maximum absolute atomic E-state index is 10.3. The van der Waals surface area contributed by atoms with E-state index in [1.165, 1.54) is 0 Å². The molecule has 0 saturated carbocycles. The summed E-state index contributed by atoms with van der Waals surface area (Å²) < 4.78 is 0. The minimum Gasteiger partial charge on any atom is -0.481 e. The Labute approximate surface area is 141 Å². The number of carboxylic acid groups (broad SMARTS) is 1. The van der Waals surface area contributed by atoms with Crippen LogP contribution in [0.25, 0.3) is 0 Å². The molecule has 0 unspecified atom stereocenters. The second-order valence-corrected chi connectivity index (χ2v) is 5.01. The van der Waals surface area contributed by atoms with Crippen molar-refractivity contribution in [1.29, 1.82) is 0 Å². The zero-order valence-electron chi connectivity index (χ0n) is 14.2. The molecule has 1 N–H and O–H groups in total. The number of rotatable bonds is 13. The lowest BCUT2D eigenvalue weighted by atomic mass is 10.2. The molecular formula is C21H30O2. The maximum Gasteiger partial charge on any atom is 0.307 e. The summed E-state index contributed by atoms with van der Waals surface area (Å²) in [6, 6.07) is 0. The monoisotopic (exact) mass is 314 g/mol. The highest BCUT2D eigenvalue weighted by molar-refractivity contribution is 5.68. The fourth-order valence-electron chi connectivity index (χ4n) is 1.71. The van der Waals surface area contributed by atoms with E-state index in [-0.39, 0.29) is 6.42 Å². The largest absolute Gasteiger partial charge is 0.481 e. The van der Waals surface area contributed by atoms with Gasteiger partial charge in [-0.25, -0.2) is 0 Å².